The first-order valence-corrected chi connectivity index (χ1v) is 11.9. The summed E-state index contributed by atoms with van der Waals surface area (Å²) in [5.74, 6) is 0.254. The molecule has 0 radical (unpaired) electrons. The topological polar surface area (TPSA) is 44.1 Å². The lowest BCUT2D eigenvalue weighted by atomic mass is 9.90. The van der Waals surface area contributed by atoms with E-state index in [2.05, 4.69) is 66.3 Å². The summed E-state index contributed by atoms with van der Waals surface area (Å²) in [5, 5.41) is 0. The molecule has 2 aromatic heterocycles. The maximum Gasteiger partial charge on any atom is 0.255 e. The van der Waals surface area contributed by atoms with E-state index in [-0.39, 0.29) is 11.8 Å². The average molecular weight is 444 g/mol. The van der Waals surface area contributed by atoms with Crippen molar-refractivity contribution in [1.82, 2.24) is 24.1 Å². The molecule has 0 aromatic carbocycles. The van der Waals surface area contributed by atoms with Crippen LogP contribution in [0.5, 0.6) is 0 Å². The molecular weight excluding hydrogens is 410 g/mol. The zero-order valence-corrected chi connectivity index (χ0v) is 20.0. The lowest BCUT2D eigenvalue weighted by molar-refractivity contribution is -0.122. The Bertz CT molecular complexity index is 1190. The molecule has 6 nitrogen and oxygen atoms in total. The van der Waals surface area contributed by atoms with E-state index in [0.29, 0.717) is 6.04 Å². The van der Waals surface area contributed by atoms with Crippen molar-refractivity contribution in [2.75, 3.05) is 27.2 Å². The molecule has 0 bridgehead atoms. The third-order valence-corrected chi connectivity index (χ3v) is 7.16. The molecule has 6 heteroatoms. The summed E-state index contributed by atoms with van der Waals surface area (Å²) in [7, 11) is 4.32. The quantitative estimate of drug-likeness (QED) is 0.713. The number of aryl methyl sites for hydroxylation is 1. The molecule has 1 fully saturated rings. The van der Waals surface area contributed by atoms with Crippen LogP contribution >= 0.6 is 0 Å². The van der Waals surface area contributed by atoms with Crippen LogP contribution in [0, 0.1) is 12.8 Å². The molecule has 0 spiro atoms. The third-order valence-electron chi connectivity index (χ3n) is 7.16. The molecule has 3 aliphatic heterocycles. The lowest BCUT2D eigenvalue weighted by Crippen LogP contribution is -2.42. The molecular formula is C27H33N5O. The summed E-state index contributed by atoms with van der Waals surface area (Å²) in [5.41, 5.74) is 6.14. The molecule has 0 aliphatic carbocycles. The third kappa shape index (κ3) is 4.27. The van der Waals surface area contributed by atoms with Crippen LogP contribution in [0.1, 0.15) is 37.4 Å². The van der Waals surface area contributed by atoms with Crippen molar-refractivity contribution >= 4 is 17.1 Å². The van der Waals surface area contributed by atoms with E-state index in [1.165, 1.54) is 0 Å². The maximum absolute atomic E-state index is 13.5. The Morgan fingerprint density at radius 1 is 1.06 bits per heavy atom. The van der Waals surface area contributed by atoms with E-state index in [1.54, 1.807) is 0 Å². The molecule has 1 unspecified atom stereocenters. The number of hydrogen-bond acceptors (Lipinski definition) is 4. The molecule has 5 rings (SSSR count). The number of amides is 1. The minimum atomic E-state index is 0.00901. The Hall–Kier alpha value is -3.12. The SMILES string of the molecule is Cc1cn2cc(C3=CC(=O)N4C=C(N5CCC(N(C)C)CC5)C=CC4=CCC3C)ccc2n1. The number of fused-ring (bicyclic) bond motifs is 2. The van der Waals surface area contributed by atoms with Gasteiger partial charge in [-0.05, 0) is 81.6 Å². The number of carbonyl (C=O) groups excluding carboxylic acids is 1. The Balaban J connectivity index is 1.42. The highest BCUT2D eigenvalue weighted by Crippen LogP contribution is 2.32. The summed E-state index contributed by atoms with van der Waals surface area (Å²) < 4.78 is 2.04. The van der Waals surface area contributed by atoms with Gasteiger partial charge in [0.15, 0.2) is 0 Å². The number of rotatable bonds is 3. The number of nitrogens with zero attached hydrogens (tertiary/aromatic N) is 5. The van der Waals surface area contributed by atoms with Crippen molar-refractivity contribution in [3.8, 4) is 0 Å². The van der Waals surface area contributed by atoms with Crippen molar-refractivity contribution in [3.05, 3.63) is 77.7 Å². The van der Waals surface area contributed by atoms with Crippen LogP contribution in [0.15, 0.2) is 66.4 Å². The number of aromatic nitrogens is 2. The van der Waals surface area contributed by atoms with Crippen LogP contribution in [0.4, 0.5) is 0 Å². The molecule has 0 saturated carbocycles. The first-order chi connectivity index (χ1) is 15.9. The highest BCUT2D eigenvalue weighted by molar-refractivity contribution is 5.98. The van der Waals surface area contributed by atoms with Crippen LogP contribution in [0.25, 0.3) is 11.2 Å². The number of likely N-dealkylation sites (tertiary alicyclic amines) is 1. The lowest BCUT2D eigenvalue weighted by Gasteiger charge is -2.38. The number of imidazole rings is 1. The van der Waals surface area contributed by atoms with Gasteiger partial charge in [0, 0.05) is 49.5 Å². The largest absolute Gasteiger partial charge is 0.370 e. The van der Waals surface area contributed by atoms with E-state index >= 15 is 0 Å². The standard InChI is InChI=1S/C27H33N5O/c1-19-5-7-23-8-9-24(30-13-11-22(12-14-30)29(3)4)18-32(23)27(33)15-25(19)21-6-10-26-28-20(2)16-31(26)17-21/h6-10,15-19,22H,5,11-14H2,1-4H3. The second kappa shape index (κ2) is 8.67. The van der Waals surface area contributed by atoms with Gasteiger partial charge >= 0.3 is 0 Å². The number of pyridine rings is 1. The second-order valence-electron chi connectivity index (χ2n) is 9.71. The zero-order valence-electron chi connectivity index (χ0n) is 20.0. The number of allylic oxidation sites excluding steroid dienone is 4. The van der Waals surface area contributed by atoms with Crippen LogP contribution in [-0.4, -0.2) is 63.2 Å². The minimum absolute atomic E-state index is 0.00901. The van der Waals surface area contributed by atoms with Gasteiger partial charge < -0.3 is 14.2 Å². The van der Waals surface area contributed by atoms with Crippen LogP contribution < -0.4 is 0 Å². The molecule has 172 valence electrons. The summed E-state index contributed by atoms with van der Waals surface area (Å²) in [6, 6.07) is 4.74. The van der Waals surface area contributed by atoms with Gasteiger partial charge in [-0.25, -0.2) is 4.98 Å². The van der Waals surface area contributed by atoms with Crippen molar-refractivity contribution < 1.29 is 4.79 Å². The number of hydrogen-bond donors (Lipinski definition) is 0. The van der Waals surface area contributed by atoms with E-state index < -0.39 is 0 Å². The van der Waals surface area contributed by atoms with Crippen LogP contribution in [0.3, 0.4) is 0 Å². The molecule has 2 aromatic rings. The van der Waals surface area contributed by atoms with Gasteiger partial charge in [-0.1, -0.05) is 13.0 Å². The normalized spacial score (nSPS) is 22.2. The Morgan fingerprint density at radius 3 is 2.58 bits per heavy atom. The average Bonchev–Trinajstić information content (AvgIpc) is 3.19. The Labute approximate surface area is 196 Å². The molecule has 5 heterocycles. The van der Waals surface area contributed by atoms with Gasteiger partial charge in [0.05, 0.1) is 11.4 Å². The minimum Gasteiger partial charge on any atom is -0.370 e. The first-order valence-electron chi connectivity index (χ1n) is 11.9. The van der Waals surface area contributed by atoms with Gasteiger partial charge in [-0.2, -0.15) is 0 Å². The van der Waals surface area contributed by atoms with Crippen molar-refractivity contribution in [2.24, 2.45) is 5.92 Å². The predicted octanol–water partition coefficient (Wildman–Crippen LogP) is 4.22. The number of carbonyl (C=O) groups is 1. The van der Waals surface area contributed by atoms with Crippen molar-refractivity contribution in [2.45, 2.75) is 39.2 Å². The molecule has 1 atom stereocenters. The molecule has 1 amide bonds. The van der Waals surface area contributed by atoms with E-state index in [4.69, 9.17) is 0 Å². The summed E-state index contributed by atoms with van der Waals surface area (Å²) in [6.45, 7) is 6.22. The smallest absolute Gasteiger partial charge is 0.255 e. The maximum atomic E-state index is 13.5. The van der Waals surface area contributed by atoms with Crippen molar-refractivity contribution in [3.63, 3.8) is 0 Å². The summed E-state index contributed by atoms with van der Waals surface area (Å²) in [6.07, 6.45) is 17.6. The highest BCUT2D eigenvalue weighted by atomic mass is 16.2. The fourth-order valence-electron chi connectivity index (χ4n) is 5.11. The van der Waals surface area contributed by atoms with Gasteiger partial charge in [0.25, 0.3) is 5.91 Å². The van der Waals surface area contributed by atoms with Crippen LogP contribution in [0.2, 0.25) is 0 Å². The molecule has 3 aliphatic rings. The number of piperidine rings is 1. The highest BCUT2D eigenvalue weighted by Gasteiger charge is 2.26. The fraction of sp³-hybridized carbons (Fsp3) is 0.407. The Morgan fingerprint density at radius 2 is 1.82 bits per heavy atom. The first kappa shape index (κ1) is 21.7. The van der Waals surface area contributed by atoms with Gasteiger partial charge in [-0.15, -0.1) is 0 Å². The summed E-state index contributed by atoms with van der Waals surface area (Å²) in [4.78, 5) is 24.5. The Kier molecular flexibility index (Phi) is 5.71. The van der Waals surface area contributed by atoms with E-state index in [0.717, 1.165) is 66.2 Å². The predicted molar refractivity (Wildman–Crippen MR) is 132 cm³/mol. The van der Waals surface area contributed by atoms with Crippen molar-refractivity contribution in [1.29, 1.82) is 0 Å². The molecule has 33 heavy (non-hydrogen) atoms. The van der Waals surface area contributed by atoms with E-state index in [9.17, 15) is 4.79 Å². The second-order valence-corrected chi connectivity index (χ2v) is 9.71. The summed E-state index contributed by atoms with van der Waals surface area (Å²) >= 11 is 0. The van der Waals surface area contributed by atoms with Gasteiger partial charge in [0.1, 0.15) is 5.65 Å². The molecule has 0 N–H and O–H groups in total. The monoisotopic (exact) mass is 443 g/mol. The fourth-order valence-corrected chi connectivity index (χ4v) is 5.11. The van der Waals surface area contributed by atoms with Gasteiger partial charge in [-0.3, -0.25) is 9.69 Å². The van der Waals surface area contributed by atoms with E-state index in [1.807, 2.05) is 40.8 Å². The molecule has 1 saturated heterocycles. The van der Waals surface area contributed by atoms with Crippen LogP contribution in [-0.2, 0) is 4.79 Å². The van der Waals surface area contributed by atoms with Gasteiger partial charge in [0.2, 0.25) is 0 Å². The zero-order chi connectivity index (χ0) is 23.1.